The van der Waals surface area contributed by atoms with E-state index in [1.807, 2.05) is 0 Å². The molecule has 0 saturated heterocycles. The molecule has 2 aromatic rings. The van der Waals surface area contributed by atoms with Crippen LogP contribution in [0.5, 0.6) is 0 Å². The van der Waals surface area contributed by atoms with E-state index in [-0.39, 0.29) is 17.3 Å². The van der Waals surface area contributed by atoms with Gasteiger partial charge in [0.1, 0.15) is 11.3 Å². The van der Waals surface area contributed by atoms with Crippen molar-refractivity contribution in [2.45, 2.75) is 33.3 Å². The smallest absolute Gasteiger partial charge is 0.412 e. The molecule has 23 heavy (non-hydrogen) atoms. The molecule has 0 radical (unpaired) electrons. The van der Waals surface area contributed by atoms with Gasteiger partial charge in [-0.1, -0.05) is 11.6 Å². The summed E-state index contributed by atoms with van der Waals surface area (Å²) in [5, 5.41) is 3.50. The van der Waals surface area contributed by atoms with Gasteiger partial charge in [-0.25, -0.2) is 9.59 Å². The highest BCUT2D eigenvalue weighted by molar-refractivity contribution is 6.38. The molecule has 0 spiro atoms. The molecule has 0 atom stereocenters. The van der Waals surface area contributed by atoms with E-state index in [4.69, 9.17) is 21.1 Å². The summed E-state index contributed by atoms with van der Waals surface area (Å²) >= 11 is 6.23. The third-order valence-electron chi connectivity index (χ3n) is 2.86. The second-order valence-electron chi connectivity index (χ2n) is 5.92. The first-order chi connectivity index (χ1) is 10.7. The third kappa shape index (κ3) is 4.16. The van der Waals surface area contributed by atoms with Crippen molar-refractivity contribution in [3.63, 3.8) is 0 Å². The largest absolute Gasteiger partial charge is 0.461 e. The minimum Gasteiger partial charge on any atom is -0.461 e. The summed E-state index contributed by atoms with van der Waals surface area (Å²) in [6.45, 7) is 7.33. The molecule has 6 nitrogen and oxygen atoms in total. The van der Waals surface area contributed by atoms with Crippen molar-refractivity contribution >= 4 is 40.3 Å². The Morgan fingerprint density at radius 1 is 1.30 bits per heavy atom. The zero-order chi connectivity index (χ0) is 17.2. The van der Waals surface area contributed by atoms with Crippen LogP contribution in [0, 0.1) is 0 Å². The van der Waals surface area contributed by atoms with Gasteiger partial charge in [0.25, 0.3) is 0 Å². The van der Waals surface area contributed by atoms with Gasteiger partial charge in [0.05, 0.1) is 11.6 Å². The number of rotatable bonds is 3. The molecule has 2 N–H and O–H groups in total. The summed E-state index contributed by atoms with van der Waals surface area (Å²) in [6, 6.07) is 5.07. The monoisotopic (exact) mass is 338 g/mol. The molecule has 0 fully saturated rings. The van der Waals surface area contributed by atoms with Crippen LogP contribution in [0.4, 0.5) is 10.5 Å². The maximum absolute atomic E-state index is 11.8. The molecule has 1 aromatic heterocycles. The number of esters is 1. The minimum absolute atomic E-state index is 0.193. The van der Waals surface area contributed by atoms with Crippen LogP contribution < -0.4 is 5.32 Å². The quantitative estimate of drug-likeness (QED) is 0.815. The second kappa shape index (κ2) is 6.50. The van der Waals surface area contributed by atoms with Gasteiger partial charge >= 0.3 is 12.1 Å². The normalized spacial score (nSPS) is 11.3. The average molecular weight is 339 g/mol. The zero-order valence-electron chi connectivity index (χ0n) is 13.5. The molecule has 0 aliphatic heterocycles. The highest BCUT2D eigenvalue weighted by Gasteiger charge is 2.19. The summed E-state index contributed by atoms with van der Waals surface area (Å²) in [5.41, 5.74) is 0.797. The van der Waals surface area contributed by atoms with Crippen molar-refractivity contribution in [2.24, 2.45) is 0 Å². The Labute approximate surface area is 139 Å². The first-order valence-corrected chi connectivity index (χ1v) is 7.57. The van der Waals surface area contributed by atoms with Gasteiger partial charge in [0, 0.05) is 16.6 Å². The Kier molecular flexibility index (Phi) is 4.85. The van der Waals surface area contributed by atoms with Crippen LogP contribution in [0.1, 0.15) is 38.2 Å². The number of amides is 1. The number of benzene rings is 1. The Morgan fingerprint density at radius 2 is 2.00 bits per heavy atom. The Balaban J connectivity index is 2.27. The lowest BCUT2D eigenvalue weighted by Gasteiger charge is -2.19. The van der Waals surface area contributed by atoms with Gasteiger partial charge in [-0.3, -0.25) is 5.32 Å². The van der Waals surface area contributed by atoms with E-state index in [0.29, 0.717) is 16.6 Å². The first-order valence-electron chi connectivity index (χ1n) is 7.19. The molecule has 0 saturated carbocycles. The summed E-state index contributed by atoms with van der Waals surface area (Å²) in [4.78, 5) is 26.5. The van der Waals surface area contributed by atoms with Crippen molar-refractivity contribution in [3.8, 4) is 0 Å². The number of carbonyl (C=O) groups excluding carboxylic acids is 2. The fourth-order valence-electron chi connectivity index (χ4n) is 2.00. The Hall–Kier alpha value is -2.21. The van der Waals surface area contributed by atoms with Crippen molar-refractivity contribution in [3.05, 3.63) is 28.9 Å². The number of aromatic nitrogens is 1. The highest BCUT2D eigenvalue weighted by atomic mass is 35.5. The Bertz CT molecular complexity index is 746. The predicted molar refractivity (Wildman–Crippen MR) is 89.1 cm³/mol. The van der Waals surface area contributed by atoms with Gasteiger partial charge in [-0.15, -0.1) is 0 Å². The van der Waals surface area contributed by atoms with Crippen molar-refractivity contribution in [1.29, 1.82) is 0 Å². The van der Waals surface area contributed by atoms with Crippen molar-refractivity contribution < 1.29 is 19.1 Å². The maximum Gasteiger partial charge on any atom is 0.412 e. The summed E-state index contributed by atoms with van der Waals surface area (Å²) in [7, 11) is 0. The lowest BCUT2D eigenvalue weighted by Crippen LogP contribution is -2.27. The molecule has 0 unspecified atom stereocenters. The van der Waals surface area contributed by atoms with Gasteiger partial charge in [-0.05, 0) is 45.9 Å². The number of ether oxygens (including phenoxy) is 2. The molecule has 1 heterocycles. The standard InChI is InChI=1S/C16H19ClN2O4/c1-5-22-14(20)13-12(17)10-8-9(6-7-11(10)19-13)18-15(21)23-16(2,3)4/h6-8,19H,5H2,1-4H3,(H,18,21). The van der Waals surface area contributed by atoms with Crippen LogP contribution in [0.15, 0.2) is 18.2 Å². The van der Waals surface area contributed by atoms with Crippen LogP contribution >= 0.6 is 11.6 Å². The van der Waals surface area contributed by atoms with E-state index < -0.39 is 17.7 Å². The molecule has 124 valence electrons. The van der Waals surface area contributed by atoms with E-state index in [9.17, 15) is 9.59 Å². The van der Waals surface area contributed by atoms with Gasteiger partial charge < -0.3 is 14.5 Å². The SMILES string of the molecule is CCOC(=O)c1[nH]c2ccc(NC(=O)OC(C)(C)C)cc2c1Cl. The van der Waals surface area contributed by atoms with E-state index in [1.165, 1.54) is 0 Å². The number of halogens is 1. The van der Waals surface area contributed by atoms with E-state index in [2.05, 4.69) is 10.3 Å². The van der Waals surface area contributed by atoms with Crippen LogP contribution in [-0.4, -0.2) is 29.3 Å². The summed E-state index contributed by atoms with van der Waals surface area (Å²) < 4.78 is 10.1. The molecule has 1 aromatic carbocycles. The summed E-state index contributed by atoms with van der Waals surface area (Å²) in [5.74, 6) is -0.518. The van der Waals surface area contributed by atoms with Crippen molar-refractivity contribution in [1.82, 2.24) is 4.98 Å². The highest BCUT2D eigenvalue weighted by Crippen LogP contribution is 2.30. The molecular weight excluding hydrogens is 320 g/mol. The molecule has 7 heteroatoms. The average Bonchev–Trinajstić information content (AvgIpc) is 2.74. The van der Waals surface area contributed by atoms with Crippen LogP contribution in [0.25, 0.3) is 10.9 Å². The molecular formula is C16H19ClN2O4. The van der Waals surface area contributed by atoms with E-state index in [0.717, 1.165) is 0 Å². The molecule has 1 amide bonds. The van der Waals surface area contributed by atoms with Crippen LogP contribution in [0.3, 0.4) is 0 Å². The van der Waals surface area contributed by atoms with E-state index >= 15 is 0 Å². The van der Waals surface area contributed by atoms with Gasteiger partial charge in [0.2, 0.25) is 0 Å². The second-order valence-corrected chi connectivity index (χ2v) is 6.30. The predicted octanol–water partition coefficient (Wildman–Crippen LogP) is 4.35. The molecule has 0 aliphatic rings. The van der Waals surface area contributed by atoms with Crippen molar-refractivity contribution in [2.75, 3.05) is 11.9 Å². The minimum atomic E-state index is -0.586. The first kappa shape index (κ1) is 17.1. The number of nitrogens with one attached hydrogen (secondary N) is 2. The maximum atomic E-state index is 11.8. The fourth-order valence-corrected chi connectivity index (χ4v) is 2.28. The lowest BCUT2D eigenvalue weighted by atomic mass is 10.2. The van der Waals surface area contributed by atoms with E-state index in [1.54, 1.807) is 45.9 Å². The number of anilines is 1. The number of carbonyl (C=O) groups is 2. The molecule has 0 aliphatic carbocycles. The third-order valence-corrected chi connectivity index (χ3v) is 3.25. The van der Waals surface area contributed by atoms with Crippen LogP contribution in [-0.2, 0) is 9.47 Å². The van der Waals surface area contributed by atoms with Gasteiger partial charge in [-0.2, -0.15) is 0 Å². The summed E-state index contributed by atoms with van der Waals surface area (Å²) in [6.07, 6.45) is -0.561. The topological polar surface area (TPSA) is 80.4 Å². The lowest BCUT2D eigenvalue weighted by molar-refractivity contribution is 0.0520. The Morgan fingerprint density at radius 3 is 2.61 bits per heavy atom. The zero-order valence-corrected chi connectivity index (χ0v) is 14.2. The molecule has 0 bridgehead atoms. The van der Waals surface area contributed by atoms with Gasteiger partial charge in [0.15, 0.2) is 0 Å². The number of H-pyrrole nitrogens is 1. The molecule has 2 rings (SSSR count). The number of hydrogen-bond donors (Lipinski definition) is 2. The number of hydrogen-bond acceptors (Lipinski definition) is 4. The fraction of sp³-hybridized carbons (Fsp3) is 0.375. The van der Waals surface area contributed by atoms with Crippen LogP contribution in [0.2, 0.25) is 5.02 Å². The number of aromatic amines is 1. The number of fused-ring (bicyclic) bond motifs is 1.